The van der Waals surface area contributed by atoms with Crippen LogP contribution in [-0.4, -0.2) is 30.6 Å². The predicted molar refractivity (Wildman–Crippen MR) is 68.2 cm³/mol. The summed E-state index contributed by atoms with van der Waals surface area (Å²) in [5.74, 6) is -0.997. The second-order valence-electron chi connectivity index (χ2n) is 3.89. The van der Waals surface area contributed by atoms with Gasteiger partial charge in [0.1, 0.15) is 12.4 Å². The van der Waals surface area contributed by atoms with Gasteiger partial charge in [-0.25, -0.2) is 4.79 Å². The molecule has 0 fully saturated rings. The molecule has 6 heteroatoms. The Kier molecular flexibility index (Phi) is 4.17. The SMILES string of the molecule is COc1ccc(C(=O)/C(=C/C(=O)O)C2=CCOO2)cc1. The zero-order valence-corrected chi connectivity index (χ0v) is 10.7. The summed E-state index contributed by atoms with van der Waals surface area (Å²) in [4.78, 5) is 32.6. The first-order valence-electron chi connectivity index (χ1n) is 5.75. The molecule has 20 heavy (non-hydrogen) atoms. The molecule has 104 valence electrons. The molecule has 0 aromatic heterocycles. The Bertz CT molecular complexity index is 582. The maximum absolute atomic E-state index is 12.3. The fraction of sp³-hybridized carbons (Fsp3) is 0.143. The van der Waals surface area contributed by atoms with E-state index in [4.69, 9.17) is 14.7 Å². The van der Waals surface area contributed by atoms with E-state index in [0.29, 0.717) is 11.3 Å². The Labute approximate surface area is 114 Å². The molecule has 0 spiro atoms. The molecule has 0 bridgehead atoms. The molecule has 1 heterocycles. The molecular formula is C14H12O6. The lowest BCUT2D eigenvalue weighted by Gasteiger charge is -2.07. The Morgan fingerprint density at radius 2 is 2.00 bits per heavy atom. The third-order valence-electron chi connectivity index (χ3n) is 2.62. The first-order chi connectivity index (χ1) is 9.61. The number of carboxylic acids is 1. The summed E-state index contributed by atoms with van der Waals surface area (Å²) < 4.78 is 5.00. The Balaban J connectivity index is 2.32. The van der Waals surface area contributed by atoms with Gasteiger partial charge in [-0.3, -0.25) is 4.79 Å². The Morgan fingerprint density at radius 3 is 2.50 bits per heavy atom. The Morgan fingerprint density at radius 1 is 1.30 bits per heavy atom. The molecule has 1 N–H and O–H groups in total. The molecule has 1 aliphatic heterocycles. The minimum atomic E-state index is -1.24. The number of ether oxygens (including phenoxy) is 1. The summed E-state index contributed by atoms with van der Waals surface area (Å²) in [5.41, 5.74) is 0.259. The van der Waals surface area contributed by atoms with Gasteiger partial charge in [0, 0.05) is 11.6 Å². The van der Waals surface area contributed by atoms with E-state index in [0.717, 1.165) is 6.08 Å². The molecule has 2 rings (SSSR count). The van der Waals surface area contributed by atoms with E-state index in [9.17, 15) is 9.59 Å². The Hall–Kier alpha value is -2.60. The van der Waals surface area contributed by atoms with Gasteiger partial charge in [0.05, 0.1) is 12.7 Å². The van der Waals surface area contributed by atoms with Crippen LogP contribution >= 0.6 is 0 Å². The summed E-state index contributed by atoms with van der Waals surface area (Å²) >= 11 is 0. The van der Waals surface area contributed by atoms with E-state index in [1.807, 2.05) is 0 Å². The molecule has 0 amide bonds. The van der Waals surface area contributed by atoms with Crippen molar-refractivity contribution in [1.82, 2.24) is 0 Å². The van der Waals surface area contributed by atoms with Gasteiger partial charge < -0.3 is 14.7 Å². The largest absolute Gasteiger partial charge is 0.497 e. The van der Waals surface area contributed by atoms with E-state index < -0.39 is 11.8 Å². The van der Waals surface area contributed by atoms with Gasteiger partial charge in [-0.15, -0.1) is 0 Å². The van der Waals surface area contributed by atoms with Crippen LogP contribution in [0, 0.1) is 0 Å². The number of allylic oxidation sites excluding steroid dienone is 1. The molecule has 0 radical (unpaired) electrons. The van der Waals surface area contributed by atoms with E-state index in [-0.39, 0.29) is 17.9 Å². The number of aliphatic carboxylic acids is 1. The zero-order chi connectivity index (χ0) is 14.5. The fourth-order valence-electron chi connectivity index (χ4n) is 1.67. The predicted octanol–water partition coefficient (Wildman–Crippen LogP) is 1.73. The standard InChI is InChI=1S/C14H12O6/c1-18-10-4-2-9(3-5-10)14(17)11(8-13(15)16)12-6-7-19-20-12/h2-6,8H,7H2,1H3,(H,15,16)/b11-8+. The molecule has 6 nitrogen and oxygen atoms in total. The van der Waals surface area contributed by atoms with Crippen LogP contribution in [0.15, 0.2) is 47.7 Å². The van der Waals surface area contributed by atoms with E-state index in [2.05, 4.69) is 4.89 Å². The molecule has 1 aliphatic rings. The van der Waals surface area contributed by atoms with Crippen molar-refractivity contribution in [2.24, 2.45) is 0 Å². The number of carbonyl (C=O) groups excluding carboxylic acids is 1. The minimum absolute atomic E-state index is 0.0693. The first-order valence-corrected chi connectivity index (χ1v) is 5.75. The van der Waals surface area contributed by atoms with Crippen molar-refractivity contribution >= 4 is 11.8 Å². The lowest BCUT2D eigenvalue weighted by atomic mass is 10.0. The number of carboxylic acid groups (broad SMARTS) is 1. The number of rotatable bonds is 5. The van der Waals surface area contributed by atoms with Gasteiger partial charge in [-0.1, -0.05) is 0 Å². The van der Waals surface area contributed by atoms with Crippen LogP contribution in [-0.2, 0) is 14.6 Å². The van der Waals surface area contributed by atoms with Crippen molar-refractivity contribution in [2.75, 3.05) is 13.7 Å². The van der Waals surface area contributed by atoms with Crippen LogP contribution in [0.2, 0.25) is 0 Å². The number of methoxy groups -OCH3 is 1. The molecule has 0 saturated carbocycles. The van der Waals surface area contributed by atoms with Gasteiger partial charge in [0.15, 0.2) is 11.5 Å². The maximum atomic E-state index is 12.3. The molecule has 0 saturated heterocycles. The smallest absolute Gasteiger partial charge is 0.329 e. The summed E-state index contributed by atoms with van der Waals surface area (Å²) in [6.07, 6.45) is 2.29. The highest BCUT2D eigenvalue weighted by Gasteiger charge is 2.22. The van der Waals surface area contributed by atoms with Crippen molar-refractivity contribution < 1.29 is 29.2 Å². The number of ketones is 1. The molecule has 1 aromatic rings. The quantitative estimate of drug-likeness (QED) is 0.501. The lowest BCUT2D eigenvalue weighted by molar-refractivity contribution is -0.230. The molecule has 0 aliphatic carbocycles. The van der Waals surface area contributed by atoms with Gasteiger partial charge in [-0.05, 0) is 30.3 Å². The lowest BCUT2D eigenvalue weighted by Crippen LogP contribution is -2.09. The highest BCUT2D eigenvalue weighted by molar-refractivity contribution is 6.13. The van der Waals surface area contributed by atoms with Crippen LogP contribution in [0.5, 0.6) is 5.75 Å². The van der Waals surface area contributed by atoms with E-state index >= 15 is 0 Å². The summed E-state index contributed by atoms with van der Waals surface area (Å²) in [7, 11) is 1.51. The monoisotopic (exact) mass is 276 g/mol. The average molecular weight is 276 g/mol. The van der Waals surface area contributed by atoms with Gasteiger partial charge in [0.2, 0.25) is 0 Å². The van der Waals surface area contributed by atoms with Crippen molar-refractivity contribution in [3.05, 3.63) is 53.3 Å². The van der Waals surface area contributed by atoms with Gasteiger partial charge in [0.25, 0.3) is 0 Å². The number of hydrogen-bond donors (Lipinski definition) is 1. The third-order valence-corrected chi connectivity index (χ3v) is 2.62. The van der Waals surface area contributed by atoms with Crippen molar-refractivity contribution in [1.29, 1.82) is 0 Å². The van der Waals surface area contributed by atoms with Gasteiger partial charge >= 0.3 is 5.97 Å². The summed E-state index contributed by atoms with van der Waals surface area (Å²) in [6, 6.07) is 6.33. The molecule has 0 atom stereocenters. The maximum Gasteiger partial charge on any atom is 0.329 e. The fourth-order valence-corrected chi connectivity index (χ4v) is 1.67. The normalized spacial score (nSPS) is 14.4. The van der Waals surface area contributed by atoms with Crippen LogP contribution in [0.1, 0.15) is 10.4 Å². The second kappa shape index (κ2) is 6.03. The first kappa shape index (κ1) is 13.8. The van der Waals surface area contributed by atoms with E-state index in [1.54, 1.807) is 24.3 Å². The summed E-state index contributed by atoms with van der Waals surface area (Å²) in [6.45, 7) is 0.169. The van der Waals surface area contributed by atoms with Crippen molar-refractivity contribution in [3.8, 4) is 5.75 Å². The van der Waals surface area contributed by atoms with Gasteiger partial charge in [-0.2, -0.15) is 4.89 Å². The highest BCUT2D eigenvalue weighted by atomic mass is 17.2. The molecule has 1 aromatic carbocycles. The second-order valence-corrected chi connectivity index (χ2v) is 3.89. The molecule has 0 unspecified atom stereocenters. The van der Waals surface area contributed by atoms with E-state index in [1.165, 1.54) is 13.2 Å². The zero-order valence-electron chi connectivity index (χ0n) is 10.7. The topological polar surface area (TPSA) is 82.1 Å². The number of hydrogen-bond acceptors (Lipinski definition) is 5. The highest BCUT2D eigenvalue weighted by Crippen LogP contribution is 2.22. The third kappa shape index (κ3) is 3.04. The summed E-state index contributed by atoms with van der Waals surface area (Å²) in [5, 5.41) is 8.85. The molecular weight excluding hydrogens is 264 g/mol. The number of benzene rings is 1. The van der Waals surface area contributed by atoms with Crippen molar-refractivity contribution in [3.63, 3.8) is 0 Å². The van der Waals surface area contributed by atoms with Crippen LogP contribution in [0.25, 0.3) is 0 Å². The van der Waals surface area contributed by atoms with Crippen molar-refractivity contribution in [2.45, 2.75) is 0 Å². The van der Waals surface area contributed by atoms with Crippen LogP contribution < -0.4 is 4.74 Å². The number of Topliss-reactive ketones (excluding diaryl/α,β-unsaturated/α-hetero) is 1. The van der Waals surface area contributed by atoms with Crippen LogP contribution in [0.3, 0.4) is 0 Å². The minimum Gasteiger partial charge on any atom is -0.497 e. The average Bonchev–Trinajstić information content (AvgIpc) is 2.98. The van der Waals surface area contributed by atoms with Crippen LogP contribution in [0.4, 0.5) is 0 Å². The number of carbonyl (C=O) groups is 2.